The zero-order valence-electron chi connectivity index (χ0n) is 26.4. The molecule has 2 saturated carbocycles. The van der Waals surface area contributed by atoms with E-state index in [1.54, 1.807) is 6.07 Å². The molecule has 4 aliphatic carbocycles. The lowest BCUT2D eigenvalue weighted by molar-refractivity contribution is -0.223. The number of carboxylic acids is 2. The Morgan fingerprint density at radius 3 is 2.38 bits per heavy atom. The maximum Gasteiger partial charge on any atom is 0.335 e. The second-order valence-corrected chi connectivity index (χ2v) is 14.2. The smallest absolute Gasteiger partial charge is 0.335 e. The molecule has 1 saturated heterocycles. The Morgan fingerprint density at radius 2 is 1.74 bits per heavy atom. The minimum atomic E-state index is -2.27. The topological polar surface area (TPSA) is 194 Å². The van der Waals surface area contributed by atoms with Crippen LogP contribution < -0.4 is 4.74 Å². The normalized spacial score (nSPS) is 33.1. The van der Waals surface area contributed by atoms with Gasteiger partial charge in [-0.15, -0.1) is 0 Å². The van der Waals surface area contributed by atoms with Crippen LogP contribution in [0.2, 0.25) is 0 Å². The average Bonchev–Trinajstić information content (AvgIpc) is 3.69. The molecule has 1 spiro atoms. The number of aliphatic carboxylic acids is 2. The van der Waals surface area contributed by atoms with E-state index in [-0.39, 0.29) is 35.8 Å². The number of carboxylic acid groups (broad SMARTS) is 2. The summed E-state index contributed by atoms with van der Waals surface area (Å²) in [6.45, 7) is 4.21. The summed E-state index contributed by atoms with van der Waals surface area (Å²) in [6, 6.07) is 3.80. The van der Waals surface area contributed by atoms with Crippen molar-refractivity contribution < 1.29 is 54.2 Å². The Bertz CT molecular complexity index is 1540. The molecule has 3 fully saturated rings. The van der Waals surface area contributed by atoms with Crippen molar-refractivity contribution in [3.8, 4) is 11.5 Å². The largest absolute Gasteiger partial charge is 0.504 e. The van der Waals surface area contributed by atoms with Gasteiger partial charge in [0.1, 0.15) is 11.7 Å². The van der Waals surface area contributed by atoms with Gasteiger partial charge in [-0.2, -0.15) is 0 Å². The number of aromatic hydroxyl groups is 1. The predicted molar refractivity (Wildman–Crippen MR) is 163 cm³/mol. The Morgan fingerprint density at radius 1 is 1.04 bits per heavy atom. The molecule has 7 atom stereocenters. The van der Waals surface area contributed by atoms with Crippen LogP contribution in [0.25, 0.3) is 0 Å². The number of phenolic OH excluding ortho intramolecular Hbond substituents is 1. The van der Waals surface area contributed by atoms with Gasteiger partial charge in [0, 0.05) is 31.1 Å². The number of aliphatic hydroxyl groups excluding tert-OH is 2. The summed E-state index contributed by atoms with van der Waals surface area (Å²) in [5.74, 6) is -2.15. The van der Waals surface area contributed by atoms with Crippen molar-refractivity contribution in [1.29, 1.82) is 0 Å². The van der Waals surface area contributed by atoms with E-state index in [0.717, 1.165) is 75.1 Å². The quantitative estimate of drug-likeness (QED) is 0.266. The van der Waals surface area contributed by atoms with Crippen LogP contribution in [0.1, 0.15) is 75.8 Å². The zero-order valence-corrected chi connectivity index (χ0v) is 26.4. The van der Waals surface area contributed by atoms with Crippen LogP contribution in [0.5, 0.6) is 11.5 Å². The summed E-state index contributed by atoms with van der Waals surface area (Å²) in [4.78, 5) is 50.7. The second kappa shape index (κ2) is 11.5. The van der Waals surface area contributed by atoms with Crippen molar-refractivity contribution in [2.45, 2.75) is 113 Å². The van der Waals surface area contributed by atoms with E-state index in [0.29, 0.717) is 18.7 Å². The Balaban J connectivity index is 0.000000308. The van der Waals surface area contributed by atoms with E-state index in [4.69, 9.17) is 29.9 Å². The highest BCUT2D eigenvalue weighted by atomic mass is 16.6. The van der Waals surface area contributed by atoms with Gasteiger partial charge in [0.2, 0.25) is 5.91 Å². The van der Waals surface area contributed by atoms with Crippen LogP contribution in [0.3, 0.4) is 0 Å². The number of ether oxygens (including phenoxy) is 2. The molecule has 0 aromatic heterocycles. The van der Waals surface area contributed by atoms with Crippen molar-refractivity contribution in [3.05, 3.63) is 34.4 Å². The fraction of sp³-hybridized carbons (Fsp3) is 0.647. The minimum Gasteiger partial charge on any atom is -0.504 e. The molecule has 0 radical (unpaired) electrons. The molecule has 1 aromatic carbocycles. The molecule has 13 heteroatoms. The summed E-state index contributed by atoms with van der Waals surface area (Å²) in [6.07, 6.45) is 4.90. The monoisotopic (exact) mass is 654 g/mol. The van der Waals surface area contributed by atoms with Crippen molar-refractivity contribution >= 4 is 23.8 Å². The van der Waals surface area contributed by atoms with Gasteiger partial charge in [0.25, 0.3) is 0 Å². The molecule has 13 nitrogen and oxygen atoms in total. The van der Waals surface area contributed by atoms with Crippen LogP contribution in [-0.2, 0) is 35.8 Å². The van der Waals surface area contributed by atoms with E-state index in [2.05, 4.69) is 15.9 Å². The molecule has 1 aromatic rings. The van der Waals surface area contributed by atoms with E-state index in [1.807, 2.05) is 0 Å². The first-order valence-corrected chi connectivity index (χ1v) is 16.7. The van der Waals surface area contributed by atoms with Crippen molar-refractivity contribution in [1.82, 2.24) is 9.80 Å². The summed E-state index contributed by atoms with van der Waals surface area (Å²) >= 11 is 0. The highest BCUT2D eigenvalue weighted by Crippen LogP contribution is 2.67. The molecule has 7 aliphatic rings. The fourth-order valence-electron chi connectivity index (χ4n) is 9.60. The number of carbonyl (C=O) groups is 4. The molecular weight excluding hydrogens is 612 g/mol. The highest BCUT2D eigenvalue weighted by molar-refractivity contribution is 5.97. The molecule has 3 unspecified atom stereocenters. The summed E-state index contributed by atoms with van der Waals surface area (Å²) < 4.78 is 13.3. The first-order valence-electron chi connectivity index (χ1n) is 16.7. The molecule has 254 valence electrons. The summed E-state index contributed by atoms with van der Waals surface area (Å²) in [5.41, 5.74) is 3.32. The van der Waals surface area contributed by atoms with Crippen molar-refractivity contribution in [3.63, 3.8) is 0 Å². The van der Waals surface area contributed by atoms with E-state index in [1.165, 1.54) is 30.9 Å². The lowest BCUT2D eigenvalue weighted by atomic mass is 9.48. The fourth-order valence-corrected chi connectivity index (χ4v) is 9.60. The number of carbonyl (C=O) groups excluding carboxylic acids is 2. The average molecular weight is 655 g/mol. The number of rotatable bonds is 7. The Hall–Kier alpha value is -3.68. The van der Waals surface area contributed by atoms with Crippen molar-refractivity contribution in [2.75, 3.05) is 19.6 Å². The third kappa shape index (κ3) is 4.83. The number of hydrogen-bond donors (Lipinski definition) is 5. The molecule has 47 heavy (non-hydrogen) atoms. The first kappa shape index (κ1) is 31.9. The van der Waals surface area contributed by atoms with E-state index in [9.17, 15) is 24.3 Å². The second-order valence-electron chi connectivity index (χ2n) is 14.2. The Labute approximate surface area is 271 Å². The standard InChI is InChI=1S/C30H36N2O5.C4H6O6/c1-17(33)37-30-11-10-22(32-16-20-4-2-3-5-21(20)28(32)35)27-29(30)12-13-31(15-18-6-7-18)24(30)14-19-8-9-23(34)26(36-27)25(19)29;5-1(3(7)8)2(6)4(9)10/h8-9,18,22,24,27,34H,2-7,10-16H2,1H3;1-2,5-6H,(H,7,8)(H,9,10)/t22-,24-,27+,29+,30?;/m1./s1. The number of phenols is 1. The van der Waals surface area contributed by atoms with Gasteiger partial charge in [0.05, 0.1) is 17.5 Å². The van der Waals surface area contributed by atoms with Gasteiger partial charge in [-0.05, 0) is 93.9 Å². The van der Waals surface area contributed by atoms with Gasteiger partial charge in [0.15, 0.2) is 23.7 Å². The van der Waals surface area contributed by atoms with Gasteiger partial charge in [-0.3, -0.25) is 14.5 Å². The van der Waals surface area contributed by atoms with Crippen LogP contribution in [0.15, 0.2) is 23.3 Å². The van der Waals surface area contributed by atoms with Gasteiger partial charge < -0.3 is 39.9 Å². The van der Waals surface area contributed by atoms with Crippen LogP contribution in [-0.4, -0.2) is 115 Å². The number of amides is 1. The number of nitrogens with zero attached hydrogens (tertiary/aromatic N) is 2. The molecule has 5 N–H and O–H groups in total. The minimum absolute atomic E-state index is 0.0846. The van der Waals surface area contributed by atoms with E-state index >= 15 is 0 Å². The zero-order chi connectivity index (χ0) is 33.4. The molecule has 1 amide bonds. The lowest BCUT2D eigenvalue weighted by Crippen LogP contribution is -2.79. The molecule has 8 rings (SSSR count). The van der Waals surface area contributed by atoms with Crippen molar-refractivity contribution in [2.24, 2.45) is 5.92 Å². The third-order valence-electron chi connectivity index (χ3n) is 11.7. The van der Waals surface area contributed by atoms with Crippen LogP contribution in [0, 0.1) is 5.92 Å². The number of likely N-dealkylation sites (tertiary alicyclic amines) is 1. The number of hydrogen-bond acceptors (Lipinski definition) is 10. The van der Waals surface area contributed by atoms with Crippen LogP contribution >= 0.6 is 0 Å². The number of benzene rings is 1. The first-order chi connectivity index (χ1) is 22.4. The number of aliphatic hydroxyl groups is 2. The van der Waals surface area contributed by atoms with Crippen LogP contribution in [0.4, 0.5) is 0 Å². The maximum absolute atomic E-state index is 13.7. The lowest BCUT2D eigenvalue weighted by Gasteiger charge is -2.65. The van der Waals surface area contributed by atoms with Gasteiger partial charge in [-0.25, -0.2) is 9.59 Å². The SMILES string of the molecule is CC(=O)OC12CC[C@@H](N3CC4=C(CCCC4)C3=O)[C@@H]3Oc4c(O)ccc5c4[C@@]31CCN(CC1CC1)[C@@H]2C5.O=C(O)C(O)C(O)C(=O)O. The maximum atomic E-state index is 13.7. The molecular formula is C34H42N2O11. The van der Waals surface area contributed by atoms with Gasteiger partial charge >= 0.3 is 17.9 Å². The summed E-state index contributed by atoms with van der Waals surface area (Å²) in [7, 11) is 0. The third-order valence-corrected chi connectivity index (χ3v) is 11.7. The number of esters is 1. The van der Waals surface area contributed by atoms with Gasteiger partial charge in [-0.1, -0.05) is 6.07 Å². The van der Waals surface area contributed by atoms with E-state index < -0.39 is 35.2 Å². The number of piperidine rings is 1. The Kier molecular flexibility index (Phi) is 7.79. The highest BCUT2D eigenvalue weighted by Gasteiger charge is 2.76. The molecule has 3 aliphatic heterocycles. The molecule has 2 bridgehead atoms. The summed E-state index contributed by atoms with van der Waals surface area (Å²) in [5, 5.41) is 43.5. The molecule has 3 heterocycles. The predicted octanol–water partition coefficient (Wildman–Crippen LogP) is 1.49.